The summed E-state index contributed by atoms with van der Waals surface area (Å²) in [6, 6.07) is 12.3. The molecule has 0 aliphatic carbocycles. The number of aromatic nitrogens is 1. The number of fused-ring (bicyclic) bond motifs is 2. The maximum absolute atomic E-state index is 12.8. The van der Waals surface area contributed by atoms with E-state index in [1.54, 1.807) is 18.2 Å². The van der Waals surface area contributed by atoms with Gasteiger partial charge in [0.1, 0.15) is 6.04 Å². The van der Waals surface area contributed by atoms with E-state index in [0.29, 0.717) is 23.6 Å². The van der Waals surface area contributed by atoms with Gasteiger partial charge in [0.25, 0.3) is 0 Å². The van der Waals surface area contributed by atoms with Crippen LogP contribution in [0.4, 0.5) is 5.69 Å². The van der Waals surface area contributed by atoms with Crippen molar-refractivity contribution in [3.63, 3.8) is 0 Å². The lowest BCUT2D eigenvalue weighted by molar-refractivity contribution is -0.125. The number of rotatable bonds is 5. The number of nitrogens with one attached hydrogen (secondary N) is 3. The molecule has 0 saturated heterocycles. The fourth-order valence-corrected chi connectivity index (χ4v) is 3.18. The zero-order valence-corrected chi connectivity index (χ0v) is 14.7. The Morgan fingerprint density at radius 2 is 1.96 bits per heavy atom. The van der Waals surface area contributed by atoms with Crippen molar-refractivity contribution in [2.45, 2.75) is 19.4 Å². The summed E-state index contributed by atoms with van der Waals surface area (Å²) in [6.07, 6.45) is 2.24. The van der Waals surface area contributed by atoms with Gasteiger partial charge in [-0.2, -0.15) is 0 Å². The highest BCUT2D eigenvalue weighted by molar-refractivity contribution is 5.98. The van der Waals surface area contributed by atoms with E-state index in [1.807, 2.05) is 30.5 Å². The molecule has 1 aromatic heterocycles. The van der Waals surface area contributed by atoms with Crippen molar-refractivity contribution >= 4 is 28.4 Å². The highest BCUT2D eigenvalue weighted by Gasteiger charge is 2.22. The minimum Gasteiger partial charge on any atom is -0.454 e. The van der Waals surface area contributed by atoms with Crippen LogP contribution in [0.5, 0.6) is 11.5 Å². The van der Waals surface area contributed by atoms with Gasteiger partial charge >= 0.3 is 0 Å². The smallest absolute Gasteiger partial charge is 0.247 e. The van der Waals surface area contributed by atoms with Gasteiger partial charge < -0.3 is 25.1 Å². The van der Waals surface area contributed by atoms with Crippen LogP contribution in [0.25, 0.3) is 10.9 Å². The molecule has 3 aromatic rings. The molecule has 0 unspecified atom stereocenters. The maximum atomic E-state index is 12.8. The third-order valence-corrected chi connectivity index (χ3v) is 4.43. The van der Waals surface area contributed by atoms with E-state index in [0.717, 1.165) is 16.5 Å². The number of carbonyl (C=O) groups excluding carboxylic acids is 2. The first-order valence-electron chi connectivity index (χ1n) is 8.63. The van der Waals surface area contributed by atoms with E-state index < -0.39 is 6.04 Å². The van der Waals surface area contributed by atoms with Gasteiger partial charge in [-0.25, -0.2) is 0 Å². The SMILES string of the molecule is CC(=O)N[C@H](Cc1c[nH]c2ccccc12)C(=O)Nc1ccc2c(c1)OCO2. The summed E-state index contributed by atoms with van der Waals surface area (Å²) >= 11 is 0. The largest absolute Gasteiger partial charge is 0.454 e. The summed E-state index contributed by atoms with van der Waals surface area (Å²) < 4.78 is 10.6. The first kappa shape index (κ1) is 17.0. The Balaban J connectivity index is 1.54. The predicted molar refractivity (Wildman–Crippen MR) is 101 cm³/mol. The van der Waals surface area contributed by atoms with Crippen molar-refractivity contribution in [2.75, 3.05) is 12.1 Å². The number of para-hydroxylation sites is 1. The first-order chi connectivity index (χ1) is 13.1. The molecule has 1 aliphatic rings. The lowest BCUT2D eigenvalue weighted by atomic mass is 10.0. The van der Waals surface area contributed by atoms with Gasteiger partial charge in [-0.1, -0.05) is 18.2 Å². The molecule has 1 atom stereocenters. The van der Waals surface area contributed by atoms with Crippen LogP contribution in [0.15, 0.2) is 48.7 Å². The zero-order chi connectivity index (χ0) is 18.8. The number of aromatic amines is 1. The zero-order valence-electron chi connectivity index (χ0n) is 14.7. The Morgan fingerprint density at radius 3 is 2.81 bits per heavy atom. The molecule has 0 spiro atoms. The Kier molecular flexibility index (Phi) is 4.42. The van der Waals surface area contributed by atoms with Crippen LogP contribution < -0.4 is 20.1 Å². The summed E-state index contributed by atoms with van der Waals surface area (Å²) in [4.78, 5) is 27.6. The van der Waals surface area contributed by atoms with Crippen molar-refractivity contribution in [2.24, 2.45) is 0 Å². The number of benzene rings is 2. The first-order valence-corrected chi connectivity index (χ1v) is 8.63. The molecule has 0 fully saturated rings. The van der Waals surface area contributed by atoms with Crippen LogP contribution in [0, 0.1) is 0 Å². The quantitative estimate of drug-likeness (QED) is 0.648. The average molecular weight is 365 g/mol. The second-order valence-corrected chi connectivity index (χ2v) is 6.37. The molecular formula is C20H19N3O4. The Morgan fingerprint density at radius 1 is 1.15 bits per heavy atom. The third-order valence-electron chi connectivity index (χ3n) is 4.43. The highest BCUT2D eigenvalue weighted by atomic mass is 16.7. The lowest BCUT2D eigenvalue weighted by Gasteiger charge is -2.17. The molecule has 7 heteroatoms. The van der Waals surface area contributed by atoms with E-state index in [2.05, 4.69) is 15.6 Å². The molecule has 138 valence electrons. The van der Waals surface area contributed by atoms with E-state index in [9.17, 15) is 9.59 Å². The number of H-pyrrole nitrogens is 1. The normalized spacial score (nSPS) is 13.4. The van der Waals surface area contributed by atoms with E-state index in [4.69, 9.17) is 9.47 Å². The van der Waals surface area contributed by atoms with Gasteiger partial charge in [-0.05, 0) is 23.8 Å². The number of hydrogen-bond donors (Lipinski definition) is 3. The van der Waals surface area contributed by atoms with Crippen LogP contribution in [-0.4, -0.2) is 29.6 Å². The Bertz CT molecular complexity index is 1010. The van der Waals surface area contributed by atoms with Gasteiger partial charge in [0.2, 0.25) is 18.6 Å². The predicted octanol–water partition coefficient (Wildman–Crippen LogP) is 2.58. The van der Waals surface area contributed by atoms with E-state index >= 15 is 0 Å². The van der Waals surface area contributed by atoms with Crippen LogP contribution in [-0.2, 0) is 16.0 Å². The van der Waals surface area contributed by atoms with Gasteiger partial charge in [0.05, 0.1) is 0 Å². The van der Waals surface area contributed by atoms with Crippen LogP contribution >= 0.6 is 0 Å². The van der Waals surface area contributed by atoms with Crippen molar-refractivity contribution in [1.82, 2.24) is 10.3 Å². The summed E-state index contributed by atoms with van der Waals surface area (Å²) in [6.45, 7) is 1.57. The van der Waals surface area contributed by atoms with Crippen LogP contribution in [0.2, 0.25) is 0 Å². The lowest BCUT2D eigenvalue weighted by Crippen LogP contribution is -2.44. The fraction of sp³-hybridized carbons (Fsp3) is 0.200. The van der Waals surface area contributed by atoms with Crippen molar-refractivity contribution in [3.8, 4) is 11.5 Å². The molecule has 7 nitrogen and oxygen atoms in total. The molecule has 0 saturated carbocycles. The van der Waals surface area contributed by atoms with Gasteiger partial charge in [-0.3, -0.25) is 9.59 Å². The number of anilines is 1. The van der Waals surface area contributed by atoms with E-state index in [1.165, 1.54) is 6.92 Å². The molecule has 0 bridgehead atoms. The summed E-state index contributed by atoms with van der Waals surface area (Å²) in [7, 11) is 0. The summed E-state index contributed by atoms with van der Waals surface area (Å²) in [5.74, 6) is 0.667. The molecule has 3 N–H and O–H groups in total. The summed E-state index contributed by atoms with van der Waals surface area (Å²) in [5.41, 5.74) is 2.54. The summed E-state index contributed by atoms with van der Waals surface area (Å²) in [5, 5.41) is 6.60. The number of amides is 2. The Labute approximate surface area is 155 Å². The minimum atomic E-state index is -0.702. The number of carbonyl (C=O) groups is 2. The molecule has 2 amide bonds. The highest BCUT2D eigenvalue weighted by Crippen LogP contribution is 2.34. The molecule has 1 aliphatic heterocycles. The van der Waals surface area contributed by atoms with Crippen molar-refractivity contribution in [1.29, 1.82) is 0 Å². The molecule has 27 heavy (non-hydrogen) atoms. The van der Waals surface area contributed by atoms with Gasteiger partial charge in [0.15, 0.2) is 11.5 Å². The van der Waals surface area contributed by atoms with Crippen LogP contribution in [0.3, 0.4) is 0 Å². The standard InChI is InChI=1S/C20H19N3O4/c1-12(24)22-17(8-13-10-21-16-5-3-2-4-15(13)16)20(25)23-14-6-7-18-19(9-14)27-11-26-18/h2-7,9-10,17,21H,8,11H2,1H3,(H,22,24)(H,23,25)/t17-/m1/s1. The van der Waals surface area contributed by atoms with Gasteiger partial charge in [0, 0.05) is 42.2 Å². The van der Waals surface area contributed by atoms with Crippen LogP contribution in [0.1, 0.15) is 12.5 Å². The third kappa shape index (κ3) is 3.57. The van der Waals surface area contributed by atoms with Crippen molar-refractivity contribution in [3.05, 3.63) is 54.2 Å². The monoisotopic (exact) mass is 365 g/mol. The molecule has 4 rings (SSSR count). The molecule has 0 radical (unpaired) electrons. The number of ether oxygens (including phenoxy) is 2. The van der Waals surface area contributed by atoms with Crippen molar-refractivity contribution < 1.29 is 19.1 Å². The Hall–Kier alpha value is -3.48. The second-order valence-electron chi connectivity index (χ2n) is 6.37. The topological polar surface area (TPSA) is 92.5 Å². The fourth-order valence-electron chi connectivity index (χ4n) is 3.18. The van der Waals surface area contributed by atoms with Gasteiger partial charge in [-0.15, -0.1) is 0 Å². The number of hydrogen-bond acceptors (Lipinski definition) is 4. The molecular weight excluding hydrogens is 346 g/mol. The average Bonchev–Trinajstić information content (AvgIpc) is 3.27. The maximum Gasteiger partial charge on any atom is 0.247 e. The minimum absolute atomic E-state index is 0.168. The molecule has 2 heterocycles. The molecule has 2 aromatic carbocycles. The van der Waals surface area contributed by atoms with E-state index in [-0.39, 0.29) is 18.6 Å². The second kappa shape index (κ2) is 7.03.